The van der Waals surface area contributed by atoms with Crippen molar-refractivity contribution in [2.75, 3.05) is 23.3 Å². The molecule has 3 amide bonds. The van der Waals surface area contributed by atoms with Gasteiger partial charge in [0.25, 0.3) is 0 Å². The summed E-state index contributed by atoms with van der Waals surface area (Å²) in [5.74, 6) is 0.579. The van der Waals surface area contributed by atoms with E-state index in [0.29, 0.717) is 37.6 Å². The molecule has 202 valence electrons. The van der Waals surface area contributed by atoms with Crippen molar-refractivity contribution in [3.05, 3.63) is 24.0 Å². The van der Waals surface area contributed by atoms with E-state index in [0.717, 1.165) is 30.0 Å². The molecular weight excluding hydrogens is 486 g/mol. The van der Waals surface area contributed by atoms with Gasteiger partial charge >= 0.3 is 6.09 Å². The summed E-state index contributed by atoms with van der Waals surface area (Å²) < 4.78 is 5.38. The van der Waals surface area contributed by atoms with Crippen molar-refractivity contribution in [2.24, 2.45) is 5.92 Å². The number of nitrogens with zero attached hydrogens (tertiary/aromatic N) is 4. The highest BCUT2D eigenvalue weighted by atomic mass is 16.6. The lowest BCUT2D eigenvalue weighted by Gasteiger charge is -2.28. The summed E-state index contributed by atoms with van der Waals surface area (Å²) in [7, 11) is 0. The molecule has 4 rings (SSSR count). The molecule has 1 aliphatic heterocycles. The monoisotopic (exact) mass is 521 g/mol. The molecule has 11 heteroatoms. The van der Waals surface area contributed by atoms with E-state index in [9.17, 15) is 19.6 Å². The number of nitriles is 1. The van der Waals surface area contributed by atoms with Crippen molar-refractivity contribution in [2.45, 2.75) is 77.5 Å². The number of ether oxygens (including phenoxy) is 1. The number of anilines is 2. The molecule has 2 aromatic heterocycles. The smallest absolute Gasteiger partial charge is 0.407 e. The zero-order chi connectivity index (χ0) is 27.4. The van der Waals surface area contributed by atoms with E-state index in [4.69, 9.17) is 4.74 Å². The predicted octanol–water partition coefficient (Wildman–Crippen LogP) is 3.24. The number of rotatable bonds is 5. The Hall–Kier alpha value is -3.94. The summed E-state index contributed by atoms with van der Waals surface area (Å²) in [6.45, 7) is 8.08. The maximum atomic E-state index is 13.0. The molecule has 1 aliphatic carbocycles. The molecule has 2 aromatic rings. The van der Waals surface area contributed by atoms with Crippen LogP contribution in [-0.2, 0) is 14.3 Å². The van der Waals surface area contributed by atoms with E-state index < -0.39 is 11.7 Å². The van der Waals surface area contributed by atoms with Crippen LogP contribution in [0.3, 0.4) is 0 Å². The van der Waals surface area contributed by atoms with Crippen molar-refractivity contribution in [1.29, 1.82) is 5.26 Å². The van der Waals surface area contributed by atoms with Gasteiger partial charge in [0.15, 0.2) is 0 Å². The standard InChI is InChI=1S/C27H35N7O4/c1-16(35)30-19-7-5-6-17(10-19)25(36)33-23-12-22-18(14-29-23)11-21(13-28)31-24(22)34-9-8-20(15-34)32-26(37)38-27(2,3)4/h11-12,14,17,19-20H,5-10,15H2,1-4H3,(H,30,35)(H,32,37)(H,29,33,36)/t17-,19+,20+/m0/s1. The van der Waals surface area contributed by atoms with Crippen LogP contribution in [0.1, 0.15) is 65.5 Å². The summed E-state index contributed by atoms with van der Waals surface area (Å²) >= 11 is 0. The second-order valence-corrected chi connectivity index (χ2v) is 11.1. The van der Waals surface area contributed by atoms with Crippen molar-refractivity contribution in [3.63, 3.8) is 0 Å². The van der Waals surface area contributed by atoms with Crippen LogP contribution in [0.5, 0.6) is 0 Å². The summed E-state index contributed by atoms with van der Waals surface area (Å²) in [6, 6.07) is 5.42. The van der Waals surface area contributed by atoms with Crippen molar-refractivity contribution >= 4 is 40.3 Å². The maximum Gasteiger partial charge on any atom is 0.407 e. The number of carbonyl (C=O) groups excluding carboxylic acids is 3. The third kappa shape index (κ3) is 6.88. The molecule has 2 aliphatic rings. The highest BCUT2D eigenvalue weighted by Gasteiger charge is 2.30. The first-order valence-corrected chi connectivity index (χ1v) is 13.0. The quantitative estimate of drug-likeness (QED) is 0.543. The van der Waals surface area contributed by atoms with Crippen LogP contribution in [0.2, 0.25) is 0 Å². The van der Waals surface area contributed by atoms with Crippen LogP contribution in [0.25, 0.3) is 10.8 Å². The molecule has 2 fully saturated rings. The maximum absolute atomic E-state index is 13.0. The number of hydrogen-bond acceptors (Lipinski definition) is 8. The number of pyridine rings is 2. The van der Waals surface area contributed by atoms with E-state index in [2.05, 4.69) is 32.0 Å². The summed E-state index contributed by atoms with van der Waals surface area (Å²) in [5.41, 5.74) is -0.321. The third-order valence-corrected chi connectivity index (χ3v) is 6.72. The normalized spacial score (nSPS) is 21.4. The SMILES string of the molecule is CC(=O)N[C@@H]1CCC[C@H](C(=O)Nc2cc3c(N4CC[C@@H](NC(=O)OC(C)(C)C)C4)nc(C#N)cc3cn2)C1. The second kappa shape index (κ2) is 11.2. The Morgan fingerprint density at radius 1 is 1.13 bits per heavy atom. The Labute approximate surface area is 222 Å². The Morgan fingerprint density at radius 2 is 1.92 bits per heavy atom. The van der Waals surface area contributed by atoms with Gasteiger partial charge in [-0.25, -0.2) is 14.8 Å². The summed E-state index contributed by atoms with van der Waals surface area (Å²) in [5, 5.41) is 19.8. The minimum atomic E-state index is -0.586. The molecule has 0 aromatic carbocycles. The van der Waals surface area contributed by atoms with Crippen LogP contribution >= 0.6 is 0 Å². The van der Waals surface area contributed by atoms with Crippen molar-refractivity contribution in [1.82, 2.24) is 20.6 Å². The van der Waals surface area contributed by atoms with Gasteiger partial charge < -0.3 is 25.6 Å². The third-order valence-electron chi connectivity index (χ3n) is 6.72. The number of amides is 3. The van der Waals surface area contributed by atoms with Gasteiger partial charge in [-0.2, -0.15) is 5.26 Å². The van der Waals surface area contributed by atoms with Crippen LogP contribution in [0.15, 0.2) is 18.3 Å². The fourth-order valence-corrected chi connectivity index (χ4v) is 5.11. The average molecular weight is 522 g/mol. The Balaban J connectivity index is 1.51. The average Bonchev–Trinajstić information content (AvgIpc) is 3.30. The van der Waals surface area contributed by atoms with Gasteiger partial charge in [0.2, 0.25) is 11.8 Å². The molecule has 0 bridgehead atoms. The highest BCUT2D eigenvalue weighted by molar-refractivity contribution is 5.98. The molecule has 38 heavy (non-hydrogen) atoms. The first-order valence-electron chi connectivity index (χ1n) is 13.0. The zero-order valence-corrected chi connectivity index (χ0v) is 22.3. The van der Waals surface area contributed by atoms with Gasteiger partial charge in [0.05, 0.1) is 6.04 Å². The molecule has 3 N–H and O–H groups in total. The van der Waals surface area contributed by atoms with Gasteiger partial charge in [-0.05, 0) is 58.6 Å². The van der Waals surface area contributed by atoms with Gasteiger partial charge in [-0.1, -0.05) is 6.42 Å². The van der Waals surface area contributed by atoms with Gasteiger partial charge in [-0.15, -0.1) is 0 Å². The molecule has 11 nitrogen and oxygen atoms in total. The van der Waals surface area contributed by atoms with E-state index in [1.807, 2.05) is 25.7 Å². The number of alkyl carbamates (subject to hydrolysis) is 1. The molecule has 3 heterocycles. The van der Waals surface area contributed by atoms with E-state index in [-0.39, 0.29) is 35.5 Å². The fourth-order valence-electron chi connectivity index (χ4n) is 5.11. The van der Waals surface area contributed by atoms with Gasteiger partial charge in [-0.3, -0.25) is 9.59 Å². The van der Waals surface area contributed by atoms with Gasteiger partial charge in [0, 0.05) is 48.9 Å². The van der Waals surface area contributed by atoms with Crippen molar-refractivity contribution < 1.29 is 19.1 Å². The Morgan fingerprint density at radius 3 is 2.63 bits per heavy atom. The first kappa shape index (κ1) is 27.1. The lowest BCUT2D eigenvalue weighted by atomic mass is 9.85. The lowest BCUT2D eigenvalue weighted by molar-refractivity contribution is -0.123. The largest absolute Gasteiger partial charge is 0.444 e. The first-order chi connectivity index (χ1) is 18.0. The highest BCUT2D eigenvalue weighted by Crippen LogP contribution is 2.31. The Kier molecular flexibility index (Phi) is 7.99. The number of hydrogen-bond donors (Lipinski definition) is 3. The lowest BCUT2D eigenvalue weighted by Crippen LogP contribution is -2.40. The number of fused-ring (bicyclic) bond motifs is 1. The molecule has 3 atom stereocenters. The van der Waals surface area contributed by atoms with Gasteiger partial charge in [0.1, 0.15) is 29.0 Å². The molecule has 1 saturated heterocycles. The van der Waals surface area contributed by atoms with E-state index >= 15 is 0 Å². The topological polar surface area (TPSA) is 149 Å². The zero-order valence-electron chi connectivity index (χ0n) is 22.3. The minimum Gasteiger partial charge on any atom is -0.444 e. The number of aromatic nitrogens is 2. The molecular formula is C27H35N7O4. The molecule has 0 radical (unpaired) electrons. The molecule has 0 unspecified atom stereocenters. The van der Waals surface area contributed by atoms with E-state index in [1.165, 1.54) is 6.92 Å². The van der Waals surface area contributed by atoms with Crippen LogP contribution in [0.4, 0.5) is 16.4 Å². The van der Waals surface area contributed by atoms with Crippen LogP contribution < -0.4 is 20.9 Å². The fraction of sp³-hybridized carbons (Fsp3) is 0.556. The number of nitrogens with one attached hydrogen (secondary N) is 3. The minimum absolute atomic E-state index is 0.000769. The summed E-state index contributed by atoms with van der Waals surface area (Å²) in [4.78, 5) is 47.7. The Bertz CT molecular complexity index is 1270. The van der Waals surface area contributed by atoms with Crippen molar-refractivity contribution in [3.8, 4) is 6.07 Å². The van der Waals surface area contributed by atoms with E-state index in [1.54, 1.807) is 18.3 Å². The second-order valence-electron chi connectivity index (χ2n) is 11.1. The molecule has 1 saturated carbocycles. The molecule has 0 spiro atoms. The van der Waals surface area contributed by atoms with Crippen LogP contribution in [-0.4, -0.2) is 58.6 Å². The number of carbonyl (C=O) groups is 3. The predicted molar refractivity (Wildman–Crippen MR) is 142 cm³/mol. The van der Waals surface area contributed by atoms with Crippen LogP contribution in [0, 0.1) is 17.2 Å². The summed E-state index contributed by atoms with van der Waals surface area (Å²) in [6.07, 6.45) is 4.95.